The van der Waals surface area contributed by atoms with E-state index < -0.39 is 0 Å². The van der Waals surface area contributed by atoms with Crippen molar-refractivity contribution >= 4 is 31.9 Å². The van der Waals surface area contributed by atoms with Gasteiger partial charge >= 0.3 is 0 Å². The largest absolute Gasteiger partial charge is 0.313 e. The highest BCUT2D eigenvalue weighted by Crippen LogP contribution is 2.16. The molecule has 10 heavy (non-hydrogen) atoms. The summed E-state index contributed by atoms with van der Waals surface area (Å²) in [5.74, 6) is 0. The van der Waals surface area contributed by atoms with Crippen LogP contribution < -0.4 is 0 Å². The van der Waals surface area contributed by atoms with E-state index in [1.165, 1.54) is 0 Å². The highest BCUT2D eigenvalue weighted by Gasteiger charge is 2.01. The number of imidazole rings is 1. The summed E-state index contributed by atoms with van der Waals surface area (Å²) >= 11 is 6.73. The minimum atomic E-state index is 0.890. The maximum Gasteiger partial charge on any atom is 0.177 e. The van der Waals surface area contributed by atoms with E-state index in [9.17, 15) is 0 Å². The van der Waals surface area contributed by atoms with E-state index in [0.29, 0.717) is 0 Å². The minimum Gasteiger partial charge on any atom is -0.313 e. The first-order valence-electron chi connectivity index (χ1n) is 3.12. The summed E-state index contributed by atoms with van der Waals surface area (Å²) < 4.78 is 3.99. The molecular formula is C6H8Br2N2. The van der Waals surface area contributed by atoms with Crippen molar-refractivity contribution in [3.8, 4) is 0 Å². The summed E-state index contributed by atoms with van der Waals surface area (Å²) in [4.78, 5) is 4.07. The average Bonchev–Trinajstić information content (AvgIpc) is 2.20. The van der Waals surface area contributed by atoms with Crippen LogP contribution >= 0.6 is 31.9 Å². The zero-order chi connectivity index (χ0) is 7.56. The number of hydrogen-bond acceptors (Lipinski definition) is 1. The molecule has 0 aromatic carbocycles. The molecule has 1 aromatic heterocycles. The Kier molecular flexibility index (Phi) is 2.92. The van der Waals surface area contributed by atoms with Crippen LogP contribution in [0.1, 0.15) is 13.3 Å². The molecular weight excluding hydrogens is 260 g/mol. The predicted molar refractivity (Wildman–Crippen MR) is 47.9 cm³/mol. The van der Waals surface area contributed by atoms with Gasteiger partial charge in [0.1, 0.15) is 4.60 Å². The van der Waals surface area contributed by atoms with E-state index in [4.69, 9.17) is 0 Å². The molecule has 1 aromatic rings. The Bertz CT molecular complexity index is 200. The van der Waals surface area contributed by atoms with Crippen molar-refractivity contribution in [3.05, 3.63) is 15.5 Å². The van der Waals surface area contributed by atoms with Gasteiger partial charge in [0.25, 0.3) is 0 Å². The maximum atomic E-state index is 4.07. The van der Waals surface area contributed by atoms with Gasteiger partial charge in [-0.3, -0.25) is 0 Å². The molecule has 0 saturated heterocycles. The van der Waals surface area contributed by atoms with E-state index in [-0.39, 0.29) is 0 Å². The molecule has 2 nitrogen and oxygen atoms in total. The van der Waals surface area contributed by atoms with Crippen LogP contribution in [-0.4, -0.2) is 9.55 Å². The third-order valence-electron chi connectivity index (χ3n) is 1.21. The lowest BCUT2D eigenvalue weighted by Gasteiger charge is -2.01. The van der Waals surface area contributed by atoms with Crippen molar-refractivity contribution in [2.45, 2.75) is 19.9 Å². The van der Waals surface area contributed by atoms with Crippen molar-refractivity contribution in [1.29, 1.82) is 0 Å². The Morgan fingerprint density at radius 2 is 2.30 bits per heavy atom. The molecule has 0 spiro atoms. The molecule has 0 aliphatic heterocycles. The third-order valence-corrected chi connectivity index (χ3v) is 2.47. The van der Waals surface area contributed by atoms with Crippen molar-refractivity contribution in [2.75, 3.05) is 0 Å². The highest BCUT2D eigenvalue weighted by molar-refractivity contribution is 9.11. The SMILES string of the molecule is CCCn1c(Br)cnc1Br. The van der Waals surface area contributed by atoms with Gasteiger partial charge in [0.15, 0.2) is 4.73 Å². The molecule has 0 atom stereocenters. The third kappa shape index (κ3) is 1.61. The van der Waals surface area contributed by atoms with Gasteiger partial charge in [-0.05, 0) is 38.3 Å². The number of nitrogens with zero attached hydrogens (tertiary/aromatic N) is 2. The monoisotopic (exact) mass is 266 g/mol. The standard InChI is InChI=1S/C6H8Br2N2/c1-2-3-10-5(7)4-9-6(10)8/h4H,2-3H2,1H3. The molecule has 0 unspecified atom stereocenters. The fourth-order valence-electron chi connectivity index (χ4n) is 0.757. The molecule has 1 rings (SSSR count). The first-order chi connectivity index (χ1) is 4.75. The summed E-state index contributed by atoms with van der Waals surface area (Å²) in [6.45, 7) is 3.14. The van der Waals surface area contributed by atoms with E-state index in [1.54, 1.807) is 6.20 Å². The number of halogens is 2. The normalized spacial score (nSPS) is 10.3. The Balaban J connectivity index is 2.87. The van der Waals surface area contributed by atoms with Crippen LogP contribution in [0.25, 0.3) is 0 Å². The fraction of sp³-hybridized carbons (Fsp3) is 0.500. The zero-order valence-electron chi connectivity index (χ0n) is 5.64. The van der Waals surface area contributed by atoms with Gasteiger partial charge in [0, 0.05) is 6.54 Å². The number of aromatic nitrogens is 2. The summed E-state index contributed by atoms with van der Waals surface area (Å²) in [6.07, 6.45) is 2.91. The summed E-state index contributed by atoms with van der Waals surface area (Å²) in [6, 6.07) is 0. The molecule has 0 aliphatic rings. The lowest BCUT2D eigenvalue weighted by atomic mass is 10.5. The summed E-state index contributed by atoms with van der Waals surface area (Å²) in [5, 5.41) is 0. The Labute approximate surface area is 76.9 Å². The highest BCUT2D eigenvalue weighted by atomic mass is 79.9. The van der Waals surface area contributed by atoms with Crippen LogP contribution in [-0.2, 0) is 6.54 Å². The van der Waals surface area contributed by atoms with Crippen LogP contribution in [0, 0.1) is 0 Å². The van der Waals surface area contributed by atoms with Gasteiger partial charge < -0.3 is 4.57 Å². The van der Waals surface area contributed by atoms with Crippen LogP contribution in [0.3, 0.4) is 0 Å². The van der Waals surface area contributed by atoms with Crippen LogP contribution in [0.2, 0.25) is 0 Å². The second-order valence-electron chi connectivity index (χ2n) is 2.00. The molecule has 0 N–H and O–H groups in total. The lowest BCUT2D eigenvalue weighted by molar-refractivity contribution is 0.652. The van der Waals surface area contributed by atoms with Gasteiger partial charge in [-0.15, -0.1) is 0 Å². The zero-order valence-corrected chi connectivity index (χ0v) is 8.81. The van der Waals surface area contributed by atoms with Gasteiger partial charge in [-0.1, -0.05) is 6.92 Å². The van der Waals surface area contributed by atoms with Gasteiger partial charge in [0.2, 0.25) is 0 Å². The molecule has 0 aliphatic carbocycles. The summed E-state index contributed by atoms with van der Waals surface area (Å²) in [7, 11) is 0. The molecule has 0 radical (unpaired) electrons. The number of rotatable bonds is 2. The van der Waals surface area contributed by atoms with Gasteiger partial charge in [-0.2, -0.15) is 0 Å². The minimum absolute atomic E-state index is 0.890. The molecule has 0 saturated carbocycles. The molecule has 4 heteroatoms. The fourth-order valence-corrected chi connectivity index (χ4v) is 1.91. The predicted octanol–water partition coefficient (Wildman–Crippen LogP) is 2.82. The first kappa shape index (κ1) is 8.27. The Morgan fingerprint density at radius 1 is 1.60 bits per heavy atom. The second-order valence-corrected chi connectivity index (χ2v) is 3.52. The molecule has 56 valence electrons. The Hall–Kier alpha value is 0.170. The van der Waals surface area contributed by atoms with Gasteiger partial charge in [-0.25, -0.2) is 4.98 Å². The van der Waals surface area contributed by atoms with E-state index in [2.05, 4.69) is 48.3 Å². The van der Waals surface area contributed by atoms with Crippen molar-refractivity contribution in [1.82, 2.24) is 9.55 Å². The van der Waals surface area contributed by atoms with Gasteiger partial charge in [0.05, 0.1) is 6.20 Å². The maximum absolute atomic E-state index is 4.07. The molecule has 1 heterocycles. The van der Waals surface area contributed by atoms with Crippen molar-refractivity contribution in [2.24, 2.45) is 0 Å². The molecule has 0 amide bonds. The van der Waals surface area contributed by atoms with Crippen molar-refractivity contribution < 1.29 is 0 Å². The van der Waals surface area contributed by atoms with E-state index in [1.807, 2.05) is 0 Å². The summed E-state index contributed by atoms with van der Waals surface area (Å²) in [5.41, 5.74) is 0. The lowest BCUT2D eigenvalue weighted by Crippen LogP contribution is -1.96. The van der Waals surface area contributed by atoms with E-state index in [0.717, 1.165) is 22.3 Å². The number of hydrogen-bond donors (Lipinski definition) is 0. The average molecular weight is 268 g/mol. The molecule has 0 fully saturated rings. The van der Waals surface area contributed by atoms with Crippen LogP contribution in [0.15, 0.2) is 15.5 Å². The van der Waals surface area contributed by atoms with Crippen molar-refractivity contribution in [3.63, 3.8) is 0 Å². The smallest absolute Gasteiger partial charge is 0.177 e. The molecule has 0 bridgehead atoms. The first-order valence-corrected chi connectivity index (χ1v) is 4.70. The van der Waals surface area contributed by atoms with Crippen LogP contribution in [0.5, 0.6) is 0 Å². The van der Waals surface area contributed by atoms with E-state index >= 15 is 0 Å². The quantitative estimate of drug-likeness (QED) is 0.806. The van der Waals surface area contributed by atoms with Crippen LogP contribution in [0.4, 0.5) is 0 Å². The topological polar surface area (TPSA) is 17.8 Å². The second kappa shape index (κ2) is 3.53. The Morgan fingerprint density at radius 3 is 2.70 bits per heavy atom.